The molecule has 2 amide bonds. The van der Waals surface area contributed by atoms with Gasteiger partial charge in [-0.1, -0.05) is 45.0 Å². The normalized spacial score (nSPS) is 19.2. The number of rotatable bonds is 5. The van der Waals surface area contributed by atoms with Crippen molar-refractivity contribution in [1.82, 2.24) is 10.2 Å². The molecule has 2 rings (SSSR count). The first-order valence-electron chi connectivity index (χ1n) is 8.94. The van der Waals surface area contributed by atoms with Crippen LogP contribution in [0.2, 0.25) is 0 Å². The van der Waals surface area contributed by atoms with Crippen LogP contribution in [0.1, 0.15) is 57.2 Å². The van der Waals surface area contributed by atoms with Crippen LogP contribution in [-0.2, 0) is 19.8 Å². The Morgan fingerprint density at radius 2 is 1.88 bits per heavy atom. The number of carbonyl (C=O) groups is 3. The third-order valence-electron chi connectivity index (χ3n) is 4.90. The quantitative estimate of drug-likeness (QED) is 0.845. The summed E-state index contributed by atoms with van der Waals surface area (Å²) in [5, 5.41) is 12.1. The number of nitrogens with zero attached hydrogens (tertiary/aromatic N) is 1. The lowest BCUT2D eigenvalue weighted by atomic mass is 9.86. The summed E-state index contributed by atoms with van der Waals surface area (Å²) in [4.78, 5) is 37.3. The monoisotopic (exact) mass is 360 g/mol. The van der Waals surface area contributed by atoms with E-state index in [0.717, 1.165) is 11.1 Å². The fourth-order valence-corrected chi connectivity index (χ4v) is 3.10. The summed E-state index contributed by atoms with van der Waals surface area (Å²) in [6, 6.07) is 7.07. The second-order valence-electron chi connectivity index (χ2n) is 8.04. The number of piperidine rings is 1. The van der Waals surface area contributed by atoms with Gasteiger partial charge in [0.1, 0.15) is 0 Å². The Morgan fingerprint density at radius 3 is 2.38 bits per heavy atom. The van der Waals surface area contributed by atoms with Crippen LogP contribution < -0.4 is 5.32 Å². The molecule has 2 N–H and O–H groups in total. The predicted octanol–water partition coefficient (Wildman–Crippen LogP) is 2.48. The number of hydrogen-bond acceptors (Lipinski definition) is 3. The number of nitrogens with one attached hydrogen (secondary N) is 1. The van der Waals surface area contributed by atoms with E-state index < -0.39 is 17.9 Å². The van der Waals surface area contributed by atoms with Gasteiger partial charge in [0.15, 0.2) is 0 Å². The number of carboxylic acids is 1. The van der Waals surface area contributed by atoms with Crippen LogP contribution in [0.4, 0.5) is 0 Å². The highest BCUT2D eigenvalue weighted by atomic mass is 16.4. The lowest BCUT2D eigenvalue weighted by Crippen LogP contribution is -2.43. The van der Waals surface area contributed by atoms with E-state index >= 15 is 0 Å². The molecular formula is C20H28N2O4. The van der Waals surface area contributed by atoms with Gasteiger partial charge in [-0.05, 0) is 23.0 Å². The molecule has 0 aliphatic carbocycles. The molecule has 0 aromatic heterocycles. The van der Waals surface area contributed by atoms with Crippen LogP contribution in [0.15, 0.2) is 24.3 Å². The molecule has 1 aromatic rings. The van der Waals surface area contributed by atoms with Crippen LogP contribution in [-0.4, -0.2) is 41.4 Å². The number of carboxylic acid groups (broad SMARTS) is 1. The van der Waals surface area contributed by atoms with Crippen molar-refractivity contribution in [2.45, 2.75) is 51.5 Å². The number of amides is 2. The molecule has 1 fully saturated rings. The second kappa shape index (κ2) is 7.89. The van der Waals surface area contributed by atoms with E-state index in [1.165, 1.54) is 0 Å². The van der Waals surface area contributed by atoms with Gasteiger partial charge in [-0.15, -0.1) is 0 Å². The number of carbonyl (C=O) groups excluding carboxylic acids is 2. The van der Waals surface area contributed by atoms with E-state index in [9.17, 15) is 19.5 Å². The van der Waals surface area contributed by atoms with Crippen molar-refractivity contribution in [2.24, 2.45) is 5.92 Å². The summed E-state index contributed by atoms with van der Waals surface area (Å²) in [5.74, 6) is -1.68. The fraction of sp³-hybridized carbons (Fsp3) is 0.550. The molecule has 6 nitrogen and oxygen atoms in total. The zero-order chi connectivity index (χ0) is 19.5. The Morgan fingerprint density at radius 1 is 1.27 bits per heavy atom. The number of hydrogen-bond donors (Lipinski definition) is 2. The highest BCUT2D eigenvalue weighted by molar-refractivity contribution is 5.87. The molecule has 1 heterocycles. The average Bonchev–Trinajstić information content (AvgIpc) is 2.55. The van der Waals surface area contributed by atoms with Gasteiger partial charge in [-0.3, -0.25) is 14.4 Å². The van der Waals surface area contributed by atoms with E-state index in [2.05, 4.69) is 26.1 Å². The highest BCUT2D eigenvalue weighted by Crippen LogP contribution is 2.26. The molecule has 0 saturated carbocycles. The Hall–Kier alpha value is -2.37. The van der Waals surface area contributed by atoms with Crippen LogP contribution in [0.5, 0.6) is 0 Å². The maximum absolute atomic E-state index is 12.6. The zero-order valence-electron chi connectivity index (χ0n) is 15.9. The first-order chi connectivity index (χ1) is 12.1. The Labute approximate surface area is 154 Å². The van der Waals surface area contributed by atoms with Gasteiger partial charge in [0.25, 0.3) is 0 Å². The van der Waals surface area contributed by atoms with E-state index in [1.807, 2.05) is 24.3 Å². The minimum Gasteiger partial charge on any atom is -0.481 e. The van der Waals surface area contributed by atoms with Crippen molar-refractivity contribution >= 4 is 17.8 Å². The van der Waals surface area contributed by atoms with E-state index in [4.69, 9.17) is 0 Å². The van der Waals surface area contributed by atoms with Gasteiger partial charge in [0.05, 0.1) is 12.5 Å². The summed E-state index contributed by atoms with van der Waals surface area (Å²) in [7, 11) is 1.72. The Kier molecular flexibility index (Phi) is 6.05. The van der Waals surface area contributed by atoms with Gasteiger partial charge in [0.2, 0.25) is 11.8 Å². The van der Waals surface area contributed by atoms with E-state index in [-0.39, 0.29) is 30.1 Å². The Balaban J connectivity index is 2.13. The van der Waals surface area contributed by atoms with Gasteiger partial charge >= 0.3 is 5.97 Å². The molecule has 1 aliphatic heterocycles. The SMILES string of the molecule is CN1CC[C@@H](C(=O)N[C@@H](CC(=O)O)c2ccc(C(C)(C)C)cc2)CC1=O. The molecule has 1 saturated heterocycles. The lowest BCUT2D eigenvalue weighted by molar-refractivity contribution is -0.140. The minimum atomic E-state index is -0.977. The van der Waals surface area contributed by atoms with Crippen molar-refractivity contribution in [3.63, 3.8) is 0 Å². The number of benzene rings is 1. The summed E-state index contributed by atoms with van der Waals surface area (Å²) >= 11 is 0. The van der Waals surface area contributed by atoms with Crippen molar-refractivity contribution < 1.29 is 19.5 Å². The number of aliphatic carboxylic acids is 1. The largest absolute Gasteiger partial charge is 0.481 e. The zero-order valence-corrected chi connectivity index (χ0v) is 15.9. The van der Waals surface area contributed by atoms with Crippen LogP contribution in [0.3, 0.4) is 0 Å². The topological polar surface area (TPSA) is 86.7 Å². The standard InChI is InChI=1S/C20H28N2O4/c1-20(2,3)15-7-5-13(6-8-15)16(12-18(24)25)21-19(26)14-9-10-22(4)17(23)11-14/h5-8,14,16H,9-12H2,1-4H3,(H,21,26)(H,24,25)/t14-,16+/m1/s1. The van der Waals surface area contributed by atoms with Gasteiger partial charge in [-0.2, -0.15) is 0 Å². The van der Waals surface area contributed by atoms with Crippen LogP contribution in [0.25, 0.3) is 0 Å². The van der Waals surface area contributed by atoms with Crippen molar-refractivity contribution in [1.29, 1.82) is 0 Å². The maximum atomic E-state index is 12.6. The molecule has 1 aliphatic rings. The third-order valence-corrected chi connectivity index (χ3v) is 4.90. The van der Waals surface area contributed by atoms with Crippen molar-refractivity contribution in [2.75, 3.05) is 13.6 Å². The maximum Gasteiger partial charge on any atom is 0.305 e. The molecule has 2 atom stereocenters. The van der Waals surface area contributed by atoms with Gasteiger partial charge in [0, 0.05) is 25.9 Å². The fourth-order valence-electron chi connectivity index (χ4n) is 3.10. The van der Waals surface area contributed by atoms with Gasteiger partial charge < -0.3 is 15.3 Å². The summed E-state index contributed by atoms with van der Waals surface area (Å²) in [6.45, 7) is 6.86. The predicted molar refractivity (Wildman–Crippen MR) is 98.6 cm³/mol. The van der Waals surface area contributed by atoms with Crippen molar-refractivity contribution in [3.8, 4) is 0 Å². The molecule has 26 heavy (non-hydrogen) atoms. The minimum absolute atomic E-state index is 0.00143. The lowest BCUT2D eigenvalue weighted by Gasteiger charge is -2.29. The van der Waals surface area contributed by atoms with E-state index in [0.29, 0.717) is 13.0 Å². The smallest absolute Gasteiger partial charge is 0.305 e. The molecule has 142 valence electrons. The average molecular weight is 360 g/mol. The first kappa shape index (κ1) is 19.9. The van der Waals surface area contributed by atoms with Crippen LogP contribution in [0, 0.1) is 5.92 Å². The molecule has 0 radical (unpaired) electrons. The summed E-state index contributed by atoms with van der Waals surface area (Å²) < 4.78 is 0. The summed E-state index contributed by atoms with van der Waals surface area (Å²) in [6.07, 6.45) is 0.573. The number of likely N-dealkylation sites (tertiary alicyclic amines) is 1. The highest BCUT2D eigenvalue weighted by Gasteiger charge is 2.30. The second-order valence-corrected chi connectivity index (χ2v) is 8.04. The molecule has 0 bridgehead atoms. The van der Waals surface area contributed by atoms with E-state index in [1.54, 1.807) is 11.9 Å². The molecule has 1 aromatic carbocycles. The molecular weight excluding hydrogens is 332 g/mol. The molecule has 0 unspecified atom stereocenters. The molecule has 0 spiro atoms. The van der Waals surface area contributed by atoms with Crippen molar-refractivity contribution in [3.05, 3.63) is 35.4 Å². The first-order valence-corrected chi connectivity index (χ1v) is 8.94. The molecule has 6 heteroatoms. The van der Waals surface area contributed by atoms with Crippen LogP contribution >= 0.6 is 0 Å². The summed E-state index contributed by atoms with van der Waals surface area (Å²) in [5.41, 5.74) is 1.90. The Bertz CT molecular complexity index is 676. The van der Waals surface area contributed by atoms with Gasteiger partial charge in [-0.25, -0.2) is 0 Å². The third kappa shape index (κ3) is 5.07.